The van der Waals surface area contributed by atoms with Crippen LogP contribution in [-0.2, 0) is 17.6 Å². The zero-order chi connectivity index (χ0) is 13.0. The molecule has 1 fully saturated rings. The minimum Gasteiger partial charge on any atom is -0.381 e. The zero-order valence-corrected chi connectivity index (χ0v) is 11.6. The molecule has 0 aromatic carbocycles. The molecule has 100 valence electrons. The molecule has 1 aliphatic heterocycles. The third-order valence-corrected chi connectivity index (χ3v) is 3.72. The van der Waals surface area contributed by atoms with E-state index >= 15 is 0 Å². The first kappa shape index (κ1) is 13.3. The fourth-order valence-corrected chi connectivity index (χ4v) is 2.81. The van der Waals surface area contributed by atoms with Crippen molar-refractivity contribution in [2.45, 2.75) is 52.0 Å². The van der Waals surface area contributed by atoms with Gasteiger partial charge in [-0.15, -0.1) is 0 Å². The van der Waals surface area contributed by atoms with E-state index in [1.54, 1.807) is 0 Å². The van der Waals surface area contributed by atoms with Crippen LogP contribution in [0.2, 0.25) is 0 Å². The van der Waals surface area contributed by atoms with Crippen molar-refractivity contribution in [2.75, 3.05) is 13.2 Å². The Morgan fingerprint density at radius 2 is 2.11 bits per heavy atom. The van der Waals surface area contributed by atoms with Crippen molar-refractivity contribution >= 4 is 6.08 Å². The van der Waals surface area contributed by atoms with Crippen LogP contribution in [0.25, 0.3) is 6.08 Å². The van der Waals surface area contributed by atoms with E-state index < -0.39 is 0 Å². The number of ether oxygens (including phenoxy) is 1. The van der Waals surface area contributed by atoms with Gasteiger partial charge in [0.15, 0.2) is 0 Å². The topological polar surface area (TPSA) is 27.1 Å². The second-order valence-corrected chi connectivity index (χ2v) is 4.91. The van der Waals surface area contributed by atoms with Crippen LogP contribution in [0.15, 0.2) is 6.58 Å². The van der Waals surface area contributed by atoms with Crippen molar-refractivity contribution in [3.05, 3.63) is 23.5 Å². The summed E-state index contributed by atoms with van der Waals surface area (Å²) in [5.74, 6) is 0. The quantitative estimate of drug-likeness (QED) is 0.798. The van der Waals surface area contributed by atoms with Crippen LogP contribution in [0.4, 0.5) is 0 Å². The molecule has 1 saturated heterocycles. The Hall–Kier alpha value is -1.09. The van der Waals surface area contributed by atoms with Crippen LogP contribution in [0.5, 0.6) is 0 Å². The normalized spacial score (nSPS) is 17.0. The summed E-state index contributed by atoms with van der Waals surface area (Å²) in [4.78, 5) is 0. The lowest BCUT2D eigenvalue weighted by atomic mass is 10.0. The Balaban J connectivity index is 2.37. The minimum absolute atomic E-state index is 0.513. The fourth-order valence-electron chi connectivity index (χ4n) is 2.81. The second-order valence-electron chi connectivity index (χ2n) is 4.91. The molecule has 0 unspecified atom stereocenters. The number of hydrogen-bond acceptors (Lipinski definition) is 2. The molecule has 3 nitrogen and oxygen atoms in total. The van der Waals surface area contributed by atoms with Gasteiger partial charge in [-0.1, -0.05) is 26.8 Å². The SMILES string of the molecule is C=Cc1nn(C2CCOCC2)c(CCC)c1CC. The van der Waals surface area contributed by atoms with E-state index in [0.717, 1.165) is 44.6 Å². The highest BCUT2D eigenvalue weighted by Gasteiger charge is 2.22. The monoisotopic (exact) mass is 248 g/mol. The first-order valence-electron chi connectivity index (χ1n) is 7.12. The van der Waals surface area contributed by atoms with Gasteiger partial charge in [0, 0.05) is 24.5 Å². The first-order valence-corrected chi connectivity index (χ1v) is 7.12. The van der Waals surface area contributed by atoms with Crippen molar-refractivity contribution in [3.8, 4) is 0 Å². The van der Waals surface area contributed by atoms with Crippen LogP contribution in [-0.4, -0.2) is 23.0 Å². The van der Waals surface area contributed by atoms with E-state index in [4.69, 9.17) is 9.84 Å². The summed E-state index contributed by atoms with van der Waals surface area (Å²) in [6.45, 7) is 10.1. The van der Waals surface area contributed by atoms with Gasteiger partial charge in [0.1, 0.15) is 0 Å². The van der Waals surface area contributed by atoms with Crippen LogP contribution in [0.3, 0.4) is 0 Å². The van der Waals surface area contributed by atoms with Gasteiger partial charge in [0.2, 0.25) is 0 Å². The highest BCUT2D eigenvalue weighted by molar-refractivity contribution is 5.49. The molecule has 0 atom stereocenters. The Kier molecular flexibility index (Phi) is 4.59. The van der Waals surface area contributed by atoms with Crippen molar-refractivity contribution in [1.29, 1.82) is 0 Å². The van der Waals surface area contributed by atoms with E-state index in [9.17, 15) is 0 Å². The van der Waals surface area contributed by atoms with Gasteiger partial charge < -0.3 is 4.74 Å². The maximum atomic E-state index is 5.45. The van der Waals surface area contributed by atoms with Crippen LogP contribution >= 0.6 is 0 Å². The summed E-state index contributed by atoms with van der Waals surface area (Å²) in [6.07, 6.45) is 7.38. The highest BCUT2D eigenvalue weighted by Crippen LogP contribution is 2.27. The van der Waals surface area contributed by atoms with Gasteiger partial charge in [-0.25, -0.2) is 0 Å². The van der Waals surface area contributed by atoms with Crippen LogP contribution < -0.4 is 0 Å². The summed E-state index contributed by atoms with van der Waals surface area (Å²) < 4.78 is 7.72. The van der Waals surface area contributed by atoms with Gasteiger partial charge in [-0.2, -0.15) is 5.10 Å². The second kappa shape index (κ2) is 6.19. The molecule has 18 heavy (non-hydrogen) atoms. The van der Waals surface area contributed by atoms with E-state index in [-0.39, 0.29) is 0 Å². The molecule has 0 radical (unpaired) electrons. The predicted octanol–water partition coefficient (Wildman–Crippen LogP) is 3.39. The van der Waals surface area contributed by atoms with E-state index in [1.807, 2.05) is 6.08 Å². The number of aromatic nitrogens is 2. The summed E-state index contributed by atoms with van der Waals surface area (Å²) in [6, 6.07) is 0.513. The average Bonchev–Trinajstić information content (AvgIpc) is 2.78. The lowest BCUT2D eigenvalue weighted by Gasteiger charge is -2.24. The Morgan fingerprint density at radius 1 is 1.39 bits per heavy atom. The third-order valence-electron chi connectivity index (χ3n) is 3.72. The van der Waals surface area contributed by atoms with Crippen molar-refractivity contribution < 1.29 is 4.74 Å². The van der Waals surface area contributed by atoms with Crippen molar-refractivity contribution in [1.82, 2.24) is 9.78 Å². The smallest absolute Gasteiger partial charge is 0.0879 e. The van der Waals surface area contributed by atoms with E-state index in [0.29, 0.717) is 6.04 Å². The predicted molar refractivity (Wildman–Crippen MR) is 74.8 cm³/mol. The van der Waals surface area contributed by atoms with E-state index in [1.165, 1.54) is 17.7 Å². The Morgan fingerprint density at radius 3 is 2.67 bits per heavy atom. The van der Waals surface area contributed by atoms with Gasteiger partial charge >= 0.3 is 0 Å². The lowest BCUT2D eigenvalue weighted by Crippen LogP contribution is -2.22. The summed E-state index contributed by atoms with van der Waals surface area (Å²) in [7, 11) is 0. The van der Waals surface area contributed by atoms with Gasteiger partial charge in [0.05, 0.1) is 11.7 Å². The zero-order valence-electron chi connectivity index (χ0n) is 11.6. The highest BCUT2D eigenvalue weighted by atomic mass is 16.5. The minimum atomic E-state index is 0.513. The standard InChI is InChI=1S/C15H24N2O/c1-4-7-15-13(5-2)14(6-3)16-17(15)12-8-10-18-11-9-12/h6,12H,3-5,7-11H2,1-2H3. The van der Waals surface area contributed by atoms with Crippen molar-refractivity contribution in [3.63, 3.8) is 0 Å². The molecule has 2 rings (SSSR count). The molecule has 0 amide bonds. The molecule has 1 aliphatic rings. The number of rotatable bonds is 5. The maximum absolute atomic E-state index is 5.45. The summed E-state index contributed by atoms with van der Waals surface area (Å²) in [5.41, 5.74) is 3.88. The van der Waals surface area contributed by atoms with Gasteiger partial charge in [-0.05, 0) is 31.8 Å². The molecule has 1 aromatic rings. The summed E-state index contributed by atoms with van der Waals surface area (Å²) >= 11 is 0. The first-order chi connectivity index (χ1) is 8.81. The average molecular weight is 248 g/mol. The fraction of sp³-hybridized carbons (Fsp3) is 0.667. The molecule has 0 spiro atoms. The van der Waals surface area contributed by atoms with Gasteiger partial charge in [0.25, 0.3) is 0 Å². The van der Waals surface area contributed by atoms with Crippen LogP contribution in [0.1, 0.15) is 56.1 Å². The van der Waals surface area contributed by atoms with Crippen molar-refractivity contribution in [2.24, 2.45) is 0 Å². The number of nitrogens with zero attached hydrogens (tertiary/aromatic N) is 2. The number of hydrogen-bond donors (Lipinski definition) is 0. The molecule has 2 heterocycles. The Bertz CT molecular complexity index is 403. The molecular weight excluding hydrogens is 224 g/mol. The molecule has 0 N–H and O–H groups in total. The van der Waals surface area contributed by atoms with E-state index in [2.05, 4.69) is 25.1 Å². The summed E-state index contributed by atoms with van der Waals surface area (Å²) in [5, 5.41) is 4.78. The molecule has 3 heteroatoms. The Labute approximate surface area is 110 Å². The molecule has 0 aliphatic carbocycles. The maximum Gasteiger partial charge on any atom is 0.0879 e. The largest absolute Gasteiger partial charge is 0.381 e. The van der Waals surface area contributed by atoms with Crippen LogP contribution in [0, 0.1) is 0 Å². The van der Waals surface area contributed by atoms with Gasteiger partial charge in [-0.3, -0.25) is 4.68 Å². The molecular formula is C15H24N2O. The molecule has 1 aromatic heterocycles. The lowest BCUT2D eigenvalue weighted by molar-refractivity contribution is 0.0653. The molecule has 0 bridgehead atoms. The third kappa shape index (κ3) is 2.51. The molecule has 0 saturated carbocycles.